The standard InChI is InChI=1S/C24H30F3N3/c1-18-3-6-20(7-4-18)16-28-11-13-29(14-12-28)22-9-10-30(17-22)21-8-5-19(2)23(15-21)24(25,26)27/h3-8,15,22H,9-14,16-17H2,1-2H3. The van der Waals surface area contributed by atoms with Gasteiger partial charge in [0, 0.05) is 57.5 Å². The average molecular weight is 418 g/mol. The molecule has 0 bridgehead atoms. The molecule has 6 heteroatoms. The molecule has 0 saturated carbocycles. The molecule has 0 N–H and O–H groups in total. The van der Waals surface area contributed by atoms with Gasteiger partial charge in [0.25, 0.3) is 0 Å². The smallest absolute Gasteiger partial charge is 0.370 e. The summed E-state index contributed by atoms with van der Waals surface area (Å²) in [4.78, 5) is 7.12. The summed E-state index contributed by atoms with van der Waals surface area (Å²) in [7, 11) is 0. The van der Waals surface area contributed by atoms with Gasteiger partial charge in [0.05, 0.1) is 5.56 Å². The number of piperazine rings is 1. The summed E-state index contributed by atoms with van der Waals surface area (Å²) in [6.07, 6.45) is -3.29. The number of benzene rings is 2. The second kappa shape index (κ2) is 8.60. The Kier molecular flexibility index (Phi) is 6.07. The number of hydrogen-bond acceptors (Lipinski definition) is 3. The maximum atomic E-state index is 13.3. The van der Waals surface area contributed by atoms with E-state index in [4.69, 9.17) is 0 Å². The van der Waals surface area contributed by atoms with E-state index in [0.717, 1.165) is 52.2 Å². The van der Waals surface area contributed by atoms with E-state index >= 15 is 0 Å². The van der Waals surface area contributed by atoms with Crippen LogP contribution in [0.2, 0.25) is 0 Å². The van der Waals surface area contributed by atoms with E-state index in [2.05, 4.69) is 45.9 Å². The highest BCUT2D eigenvalue weighted by atomic mass is 19.4. The van der Waals surface area contributed by atoms with E-state index in [9.17, 15) is 13.2 Å². The van der Waals surface area contributed by atoms with Gasteiger partial charge in [-0.15, -0.1) is 0 Å². The second-order valence-electron chi connectivity index (χ2n) is 8.68. The Labute approximate surface area is 177 Å². The van der Waals surface area contributed by atoms with Crippen LogP contribution in [-0.4, -0.2) is 55.1 Å². The van der Waals surface area contributed by atoms with E-state index in [-0.39, 0.29) is 5.56 Å². The zero-order chi connectivity index (χ0) is 21.3. The topological polar surface area (TPSA) is 9.72 Å². The van der Waals surface area contributed by atoms with Crippen molar-refractivity contribution < 1.29 is 13.2 Å². The minimum absolute atomic E-state index is 0.284. The van der Waals surface area contributed by atoms with Crippen LogP contribution in [0.1, 0.15) is 28.7 Å². The maximum absolute atomic E-state index is 13.3. The van der Waals surface area contributed by atoms with Crippen molar-refractivity contribution >= 4 is 5.69 Å². The molecule has 0 amide bonds. The first-order chi connectivity index (χ1) is 14.3. The summed E-state index contributed by atoms with van der Waals surface area (Å²) in [5, 5.41) is 0. The van der Waals surface area contributed by atoms with Gasteiger partial charge in [0.1, 0.15) is 0 Å². The molecule has 2 aromatic rings. The van der Waals surface area contributed by atoms with Crippen LogP contribution in [0, 0.1) is 13.8 Å². The molecule has 2 aromatic carbocycles. The van der Waals surface area contributed by atoms with Crippen LogP contribution in [0.3, 0.4) is 0 Å². The summed E-state index contributed by atoms with van der Waals surface area (Å²) < 4.78 is 39.8. The number of halogens is 3. The van der Waals surface area contributed by atoms with Crippen LogP contribution in [0.4, 0.5) is 18.9 Å². The van der Waals surface area contributed by atoms with Gasteiger partial charge in [0.15, 0.2) is 0 Å². The lowest BCUT2D eigenvalue weighted by Gasteiger charge is -2.38. The minimum atomic E-state index is -4.30. The molecule has 1 atom stereocenters. The van der Waals surface area contributed by atoms with Crippen molar-refractivity contribution in [3.63, 3.8) is 0 Å². The number of aryl methyl sites for hydroxylation is 2. The first-order valence-electron chi connectivity index (χ1n) is 10.7. The Morgan fingerprint density at radius 3 is 2.27 bits per heavy atom. The number of hydrogen-bond donors (Lipinski definition) is 0. The lowest BCUT2D eigenvalue weighted by molar-refractivity contribution is -0.138. The zero-order valence-corrected chi connectivity index (χ0v) is 17.8. The lowest BCUT2D eigenvalue weighted by atomic mass is 10.1. The summed E-state index contributed by atoms with van der Waals surface area (Å²) >= 11 is 0. The maximum Gasteiger partial charge on any atom is 0.416 e. The van der Waals surface area contributed by atoms with Gasteiger partial charge in [-0.05, 0) is 43.5 Å². The van der Waals surface area contributed by atoms with Crippen LogP contribution in [0.5, 0.6) is 0 Å². The zero-order valence-electron chi connectivity index (χ0n) is 17.8. The van der Waals surface area contributed by atoms with Crippen molar-refractivity contribution in [3.8, 4) is 0 Å². The van der Waals surface area contributed by atoms with Crippen molar-refractivity contribution in [2.24, 2.45) is 0 Å². The molecule has 2 heterocycles. The van der Waals surface area contributed by atoms with Crippen LogP contribution < -0.4 is 4.90 Å². The third kappa shape index (κ3) is 4.81. The molecule has 0 spiro atoms. The Morgan fingerprint density at radius 2 is 1.60 bits per heavy atom. The monoisotopic (exact) mass is 417 g/mol. The van der Waals surface area contributed by atoms with Crippen LogP contribution >= 0.6 is 0 Å². The molecule has 0 radical (unpaired) electrons. The van der Waals surface area contributed by atoms with Gasteiger partial charge >= 0.3 is 6.18 Å². The van der Waals surface area contributed by atoms with E-state index < -0.39 is 11.7 Å². The van der Waals surface area contributed by atoms with Crippen molar-refractivity contribution in [1.82, 2.24) is 9.80 Å². The van der Waals surface area contributed by atoms with Gasteiger partial charge in [-0.1, -0.05) is 35.9 Å². The van der Waals surface area contributed by atoms with Crippen molar-refractivity contribution in [2.75, 3.05) is 44.2 Å². The van der Waals surface area contributed by atoms with Gasteiger partial charge in [0.2, 0.25) is 0 Å². The Balaban J connectivity index is 1.32. The van der Waals surface area contributed by atoms with Gasteiger partial charge in [-0.3, -0.25) is 9.80 Å². The minimum Gasteiger partial charge on any atom is -0.370 e. The van der Waals surface area contributed by atoms with E-state index in [1.807, 2.05) is 6.07 Å². The van der Waals surface area contributed by atoms with Crippen molar-refractivity contribution in [1.29, 1.82) is 0 Å². The molecule has 0 aromatic heterocycles. The molecule has 2 saturated heterocycles. The SMILES string of the molecule is Cc1ccc(CN2CCN(C3CCN(c4ccc(C)c(C(F)(F)F)c4)C3)CC2)cc1. The first-order valence-corrected chi connectivity index (χ1v) is 10.7. The van der Waals surface area contributed by atoms with E-state index in [1.165, 1.54) is 24.1 Å². The molecule has 2 aliphatic heterocycles. The molecular formula is C24H30F3N3. The lowest BCUT2D eigenvalue weighted by Crippen LogP contribution is -2.50. The van der Waals surface area contributed by atoms with Gasteiger partial charge in [-0.25, -0.2) is 0 Å². The van der Waals surface area contributed by atoms with Crippen molar-refractivity contribution in [3.05, 3.63) is 64.7 Å². The average Bonchev–Trinajstić information content (AvgIpc) is 3.20. The first kappa shape index (κ1) is 21.2. The quantitative estimate of drug-likeness (QED) is 0.713. The molecular weight excluding hydrogens is 387 g/mol. The fourth-order valence-electron chi connectivity index (χ4n) is 4.62. The molecule has 162 valence electrons. The number of alkyl halides is 3. The van der Waals surface area contributed by atoms with Crippen LogP contribution in [0.15, 0.2) is 42.5 Å². The van der Waals surface area contributed by atoms with Crippen LogP contribution in [0.25, 0.3) is 0 Å². The normalized spacial score (nSPS) is 21.4. The Morgan fingerprint density at radius 1 is 0.900 bits per heavy atom. The van der Waals surface area contributed by atoms with Gasteiger partial charge < -0.3 is 4.90 Å². The largest absolute Gasteiger partial charge is 0.416 e. The Bertz CT molecular complexity index is 855. The number of rotatable bonds is 4. The van der Waals surface area contributed by atoms with Crippen molar-refractivity contribution in [2.45, 2.75) is 39.0 Å². The predicted octanol–water partition coefficient (Wildman–Crippen LogP) is 4.72. The predicted molar refractivity (Wildman–Crippen MR) is 115 cm³/mol. The molecule has 0 aliphatic carbocycles. The molecule has 4 rings (SSSR count). The second-order valence-corrected chi connectivity index (χ2v) is 8.68. The summed E-state index contributed by atoms with van der Waals surface area (Å²) in [5.41, 5.74) is 3.08. The summed E-state index contributed by atoms with van der Waals surface area (Å²) in [6.45, 7) is 10.3. The third-order valence-electron chi connectivity index (χ3n) is 6.51. The fourth-order valence-corrected chi connectivity index (χ4v) is 4.62. The number of nitrogens with zero attached hydrogens (tertiary/aromatic N) is 3. The van der Waals surface area contributed by atoms with Crippen LogP contribution in [-0.2, 0) is 12.7 Å². The molecule has 3 nitrogen and oxygen atoms in total. The Hall–Kier alpha value is -2.05. The van der Waals surface area contributed by atoms with Gasteiger partial charge in [-0.2, -0.15) is 13.2 Å². The summed E-state index contributed by atoms with van der Waals surface area (Å²) in [6, 6.07) is 13.9. The molecule has 2 aliphatic rings. The van der Waals surface area contributed by atoms with E-state index in [1.54, 1.807) is 6.07 Å². The molecule has 30 heavy (non-hydrogen) atoms. The third-order valence-corrected chi connectivity index (χ3v) is 6.51. The fraction of sp³-hybridized carbons (Fsp3) is 0.500. The highest BCUT2D eigenvalue weighted by molar-refractivity contribution is 5.52. The highest BCUT2D eigenvalue weighted by Gasteiger charge is 2.34. The van der Waals surface area contributed by atoms with E-state index in [0.29, 0.717) is 11.7 Å². The molecule has 2 fully saturated rings. The molecule has 1 unspecified atom stereocenters. The highest BCUT2D eigenvalue weighted by Crippen LogP contribution is 2.35. The summed E-state index contributed by atoms with van der Waals surface area (Å²) in [5.74, 6) is 0. The number of anilines is 1.